The second-order valence-corrected chi connectivity index (χ2v) is 5.80. The average Bonchev–Trinajstić information content (AvgIpc) is 2.53. The van der Waals surface area contributed by atoms with Gasteiger partial charge >= 0.3 is 6.18 Å². The van der Waals surface area contributed by atoms with Gasteiger partial charge in [0.05, 0.1) is 27.2 Å². The van der Waals surface area contributed by atoms with Gasteiger partial charge in [-0.3, -0.25) is 0 Å². The van der Waals surface area contributed by atoms with Gasteiger partial charge in [-0.1, -0.05) is 46.9 Å². The van der Waals surface area contributed by atoms with Gasteiger partial charge in [0.25, 0.3) is 0 Å². The smallest absolute Gasteiger partial charge is 0.192 e. The Bertz CT molecular complexity index is 788. The number of alkyl halides is 4. The molecule has 0 aliphatic carbocycles. The molecule has 0 saturated carbocycles. The summed E-state index contributed by atoms with van der Waals surface area (Å²) in [5, 5.41) is 15.7. The van der Waals surface area contributed by atoms with Crippen molar-refractivity contribution in [1.29, 1.82) is 5.26 Å². The topological polar surface area (TPSA) is 48.5 Å². The first-order valence-electron chi connectivity index (χ1n) is 6.33. The molecule has 124 valence electrons. The summed E-state index contributed by atoms with van der Waals surface area (Å²) in [7, 11) is 0. The molecule has 2 aromatic rings. The van der Waals surface area contributed by atoms with E-state index < -0.39 is 17.2 Å². The predicted molar refractivity (Wildman–Crippen MR) is 85.7 cm³/mol. The van der Waals surface area contributed by atoms with Gasteiger partial charge in [0.1, 0.15) is 5.69 Å². The monoisotopic (exact) mass is 391 g/mol. The van der Waals surface area contributed by atoms with E-state index in [1.165, 1.54) is 0 Å². The normalized spacial score (nSPS) is 13.0. The van der Waals surface area contributed by atoms with E-state index in [9.17, 15) is 13.2 Å². The van der Waals surface area contributed by atoms with Crippen molar-refractivity contribution in [1.82, 2.24) is 0 Å². The molecule has 0 amide bonds. The molecule has 0 spiro atoms. The average molecular weight is 393 g/mol. The highest BCUT2D eigenvalue weighted by Crippen LogP contribution is 2.40. The molecule has 2 aromatic carbocycles. The Morgan fingerprint density at radius 3 is 2.04 bits per heavy atom. The fraction of sp³-hybridized carbons (Fsp3) is 0.133. The summed E-state index contributed by atoms with van der Waals surface area (Å²) in [5.74, 6) is 0. The van der Waals surface area contributed by atoms with Crippen molar-refractivity contribution in [2.24, 2.45) is 10.2 Å². The Hall–Kier alpha value is -1.81. The van der Waals surface area contributed by atoms with Crippen molar-refractivity contribution < 1.29 is 13.2 Å². The van der Waals surface area contributed by atoms with Crippen LogP contribution in [0.1, 0.15) is 22.2 Å². The number of hydrogen-bond acceptors (Lipinski definition) is 3. The third-order valence-electron chi connectivity index (χ3n) is 2.92. The number of rotatable bonds is 3. The quantitative estimate of drug-likeness (QED) is 0.318. The highest BCUT2D eigenvalue weighted by molar-refractivity contribution is 6.38. The number of hydrogen-bond donors (Lipinski definition) is 0. The minimum absolute atomic E-state index is 0.106. The zero-order valence-corrected chi connectivity index (χ0v) is 13.9. The molecule has 0 heterocycles. The van der Waals surface area contributed by atoms with E-state index in [1.54, 1.807) is 24.3 Å². The maximum absolute atomic E-state index is 12.7. The molecule has 0 saturated heterocycles. The minimum Gasteiger partial charge on any atom is -0.192 e. The number of halogens is 6. The molecule has 0 aliphatic heterocycles. The highest BCUT2D eigenvalue weighted by Gasteiger charge is 2.32. The fourth-order valence-corrected chi connectivity index (χ4v) is 2.47. The third kappa shape index (κ3) is 4.38. The minimum atomic E-state index is -4.57. The lowest BCUT2D eigenvalue weighted by atomic mass is 10.1. The van der Waals surface area contributed by atoms with Gasteiger partial charge in [-0.2, -0.15) is 28.7 Å². The fourth-order valence-electron chi connectivity index (χ4n) is 1.72. The molecule has 1 unspecified atom stereocenters. The Morgan fingerprint density at radius 1 is 1.04 bits per heavy atom. The van der Waals surface area contributed by atoms with Crippen LogP contribution < -0.4 is 0 Å². The Labute approximate surface area is 150 Å². The van der Waals surface area contributed by atoms with Crippen LogP contribution in [-0.4, -0.2) is 0 Å². The van der Waals surface area contributed by atoms with E-state index in [0.717, 1.165) is 0 Å². The Balaban J connectivity index is 2.26. The maximum atomic E-state index is 12.7. The van der Waals surface area contributed by atoms with Crippen LogP contribution in [0.2, 0.25) is 10.0 Å². The second kappa shape index (κ2) is 7.39. The van der Waals surface area contributed by atoms with Crippen LogP contribution in [0.15, 0.2) is 46.6 Å². The lowest BCUT2D eigenvalue weighted by molar-refractivity contribution is -0.137. The van der Waals surface area contributed by atoms with Crippen molar-refractivity contribution in [3.63, 3.8) is 0 Å². The van der Waals surface area contributed by atoms with E-state index in [1.807, 2.05) is 6.07 Å². The molecule has 2 rings (SSSR count). The van der Waals surface area contributed by atoms with Gasteiger partial charge in [0, 0.05) is 0 Å². The molecule has 0 radical (unpaired) electrons. The Kier molecular flexibility index (Phi) is 5.70. The van der Waals surface area contributed by atoms with Gasteiger partial charge in [0.15, 0.2) is 5.50 Å². The SMILES string of the molecule is N#Cc1ccc(C(Cl)N=Nc2c(Cl)cc(C(F)(F)F)cc2Cl)cc1. The van der Waals surface area contributed by atoms with E-state index in [2.05, 4.69) is 10.2 Å². The maximum Gasteiger partial charge on any atom is 0.416 e. The summed E-state index contributed by atoms with van der Waals surface area (Å²) < 4.78 is 38.0. The van der Waals surface area contributed by atoms with E-state index in [4.69, 9.17) is 40.1 Å². The summed E-state index contributed by atoms with van der Waals surface area (Å²) in [6.07, 6.45) is -4.57. The van der Waals surface area contributed by atoms with Crippen LogP contribution in [-0.2, 0) is 6.18 Å². The molecule has 0 fully saturated rings. The van der Waals surface area contributed by atoms with Crippen LogP contribution in [0.5, 0.6) is 0 Å². The number of nitrogens with zero attached hydrogens (tertiary/aromatic N) is 3. The van der Waals surface area contributed by atoms with Gasteiger partial charge in [0.2, 0.25) is 0 Å². The van der Waals surface area contributed by atoms with Crippen LogP contribution in [0.4, 0.5) is 18.9 Å². The summed E-state index contributed by atoms with van der Waals surface area (Å²) in [6.45, 7) is 0. The van der Waals surface area contributed by atoms with Crippen molar-refractivity contribution >= 4 is 40.5 Å². The van der Waals surface area contributed by atoms with Crippen molar-refractivity contribution in [2.75, 3.05) is 0 Å². The van der Waals surface area contributed by atoms with Gasteiger partial charge in [-0.05, 0) is 29.8 Å². The number of benzene rings is 2. The molecule has 0 aromatic heterocycles. The lowest BCUT2D eigenvalue weighted by Crippen LogP contribution is -2.04. The van der Waals surface area contributed by atoms with Gasteiger partial charge < -0.3 is 0 Å². The number of nitriles is 1. The lowest BCUT2D eigenvalue weighted by Gasteiger charge is -2.09. The molecule has 3 nitrogen and oxygen atoms in total. The van der Waals surface area contributed by atoms with Crippen molar-refractivity contribution in [3.8, 4) is 6.07 Å². The summed E-state index contributed by atoms with van der Waals surface area (Å²) in [4.78, 5) is 0. The molecular formula is C15H7Cl3F3N3. The Morgan fingerprint density at radius 2 is 1.58 bits per heavy atom. The van der Waals surface area contributed by atoms with Gasteiger partial charge in [-0.25, -0.2) is 0 Å². The molecule has 0 N–H and O–H groups in total. The molecule has 1 atom stereocenters. The number of azo groups is 1. The largest absolute Gasteiger partial charge is 0.416 e. The predicted octanol–water partition coefficient (Wildman–Crippen LogP) is 6.91. The first kappa shape index (κ1) is 18.5. The first-order valence-corrected chi connectivity index (χ1v) is 7.53. The van der Waals surface area contributed by atoms with E-state index in [-0.39, 0.29) is 15.7 Å². The third-order valence-corrected chi connectivity index (χ3v) is 3.83. The van der Waals surface area contributed by atoms with Crippen LogP contribution in [0, 0.1) is 11.3 Å². The standard InChI is InChI=1S/C15H7Cl3F3N3/c16-11-5-10(15(19,20)21)6-12(17)13(11)23-24-14(18)9-3-1-8(7-22)2-4-9/h1-6,14H. The summed E-state index contributed by atoms with van der Waals surface area (Å²) >= 11 is 17.6. The van der Waals surface area contributed by atoms with Crippen LogP contribution in [0.25, 0.3) is 0 Å². The van der Waals surface area contributed by atoms with E-state index in [0.29, 0.717) is 23.3 Å². The highest BCUT2D eigenvalue weighted by atomic mass is 35.5. The molecule has 9 heteroatoms. The van der Waals surface area contributed by atoms with Gasteiger partial charge in [-0.15, -0.1) is 0 Å². The van der Waals surface area contributed by atoms with Crippen molar-refractivity contribution in [3.05, 3.63) is 63.1 Å². The second-order valence-electron chi connectivity index (χ2n) is 4.57. The molecule has 0 aliphatic rings. The molecule has 0 bridgehead atoms. The van der Waals surface area contributed by atoms with Crippen molar-refractivity contribution in [2.45, 2.75) is 11.7 Å². The summed E-state index contributed by atoms with van der Waals surface area (Å²) in [5.41, 5.74) is -0.990. The van der Waals surface area contributed by atoms with Crippen LogP contribution in [0.3, 0.4) is 0 Å². The zero-order valence-electron chi connectivity index (χ0n) is 11.7. The molecule has 24 heavy (non-hydrogen) atoms. The zero-order chi connectivity index (χ0) is 17.9. The first-order chi connectivity index (χ1) is 11.2. The van der Waals surface area contributed by atoms with E-state index >= 15 is 0 Å². The van der Waals surface area contributed by atoms with Crippen LogP contribution >= 0.6 is 34.8 Å². The summed E-state index contributed by atoms with van der Waals surface area (Å²) in [6, 6.07) is 9.67. The molecular weight excluding hydrogens is 386 g/mol.